The first-order valence-electron chi connectivity index (χ1n) is 9.53. The van der Waals surface area contributed by atoms with Crippen LogP contribution in [0, 0.1) is 13.8 Å². The Morgan fingerprint density at radius 1 is 1.12 bits per heavy atom. The van der Waals surface area contributed by atoms with Gasteiger partial charge in [0.05, 0.1) is 19.3 Å². The van der Waals surface area contributed by atoms with E-state index in [1.54, 1.807) is 11.8 Å². The van der Waals surface area contributed by atoms with Crippen molar-refractivity contribution in [3.8, 4) is 5.75 Å². The Kier molecular flexibility index (Phi) is 7.70. The fourth-order valence-electron chi connectivity index (χ4n) is 3.15. The third-order valence-corrected chi connectivity index (χ3v) is 4.74. The molecule has 1 N–H and O–H groups in total. The van der Waals surface area contributed by atoms with Gasteiger partial charge in [-0.3, -0.25) is 4.79 Å². The summed E-state index contributed by atoms with van der Waals surface area (Å²) in [6, 6.07) is 7.53. The Hall–Kier alpha value is -2.30. The molecule has 0 aliphatic rings. The number of hydrogen-bond donors (Lipinski definition) is 1. The van der Waals surface area contributed by atoms with Crippen LogP contribution in [0.5, 0.6) is 5.75 Å². The second-order valence-corrected chi connectivity index (χ2v) is 6.70. The molecule has 1 aromatic carbocycles. The number of carbonyl (C=O) groups excluding carboxylic acids is 1. The van der Waals surface area contributed by atoms with Gasteiger partial charge in [-0.25, -0.2) is 4.68 Å². The van der Waals surface area contributed by atoms with Crippen LogP contribution in [0.3, 0.4) is 0 Å². The summed E-state index contributed by atoms with van der Waals surface area (Å²) in [5, 5.41) is 7.62. The largest absolute Gasteiger partial charge is 0.497 e. The number of nitrogens with one attached hydrogen (secondary N) is 1. The third-order valence-electron chi connectivity index (χ3n) is 4.74. The number of benzene rings is 1. The predicted molar refractivity (Wildman–Crippen MR) is 106 cm³/mol. The number of ether oxygens (including phenoxy) is 1. The van der Waals surface area contributed by atoms with Gasteiger partial charge in [0.25, 0.3) is 5.91 Å². The molecule has 0 saturated heterocycles. The molecule has 0 spiro atoms. The Labute approximate surface area is 156 Å². The highest BCUT2D eigenvalue weighted by atomic mass is 16.5. The van der Waals surface area contributed by atoms with Crippen molar-refractivity contribution in [1.82, 2.24) is 9.78 Å². The molecule has 2 aromatic rings. The lowest BCUT2D eigenvalue weighted by molar-refractivity contribution is 0.0910. The molecule has 142 valence electrons. The molecule has 0 amide bonds. The minimum absolute atomic E-state index is 0.0429. The van der Waals surface area contributed by atoms with E-state index in [9.17, 15) is 4.79 Å². The van der Waals surface area contributed by atoms with Crippen molar-refractivity contribution in [3.05, 3.63) is 41.2 Å². The van der Waals surface area contributed by atoms with Crippen molar-refractivity contribution >= 4 is 11.6 Å². The van der Waals surface area contributed by atoms with E-state index < -0.39 is 0 Å². The molecule has 0 saturated carbocycles. The lowest BCUT2D eigenvalue weighted by Crippen LogP contribution is -2.23. The van der Waals surface area contributed by atoms with E-state index >= 15 is 0 Å². The van der Waals surface area contributed by atoms with Gasteiger partial charge in [0.15, 0.2) is 0 Å². The second kappa shape index (κ2) is 10.00. The van der Waals surface area contributed by atoms with Crippen LogP contribution in [0.15, 0.2) is 24.3 Å². The second-order valence-electron chi connectivity index (χ2n) is 6.70. The zero-order chi connectivity index (χ0) is 18.9. The van der Waals surface area contributed by atoms with E-state index in [2.05, 4.69) is 17.3 Å². The maximum atomic E-state index is 12.6. The zero-order valence-electron chi connectivity index (χ0n) is 16.5. The monoisotopic (exact) mass is 357 g/mol. The fourth-order valence-corrected chi connectivity index (χ4v) is 3.15. The minimum Gasteiger partial charge on any atom is -0.497 e. The Morgan fingerprint density at radius 3 is 2.46 bits per heavy atom. The number of methoxy groups -OCH3 is 1. The Balaban J connectivity index is 1.92. The molecule has 0 aliphatic carbocycles. The summed E-state index contributed by atoms with van der Waals surface area (Å²) in [6.07, 6.45) is 7.24. The molecule has 0 unspecified atom stereocenters. The summed E-state index contributed by atoms with van der Waals surface area (Å²) >= 11 is 0. The van der Waals surface area contributed by atoms with Crippen molar-refractivity contribution in [2.45, 2.75) is 59.3 Å². The molecule has 1 aromatic heterocycles. The van der Waals surface area contributed by atoms with Gasteiger partial charge in [0.2, 0.25) is 0 Å². The van der Waals surface area contributed by atoms with Crippen molar-refractivity contribution < 1.29 is 9.53 Å². The Morgan fingerprint density at radius 2 is 1.81 bits per heavy atom. The Bertz CT molecular complexity index is 705. The van der Waals surface area contributed by atoms with Gasteiger partial charge >= 0.3 is 0 Å². The van der Waals surface area contributed by atoms with Crippen LogP contribution in [0.4, 0.5) is 5.69 Å². The highest BCUT2D eigenvalue weighted by Crippen LogP contribution is 2.18. The van der Waals surface area contributed by atoms with Gasteiger partial charge in [-0.15, -0.1) is 0 Å². The van der Waals surface area contributed by atoms with E-state index in [1.165, 1.54) is 31.2 Å². The van der Waals surface area contributed by atoms with Gasteiger partial charge in [-0.2, -0.15) is 5.10 Å². The summed E-state index contributed by atoms with van der Waals surface area (Å²) in [4.78, 5) is 12.6. The van der Waals surface area contributed by atoms with E-state index in [-0.39, 0.29) is 12.5 Å². The summed E-state index contributed by atoms with van der Waals surface area (Å²) in [6.45, 7) is 6.43. The molecule has 0 bridgehead atoms. The van der Waals surface area contributed by atoms with Crippen molar-refractivity contribution in [2.24, 2.45) is 0 Å². The van der Waals surface area contributed by atoms with Crippen LogP contribution in [-0.4, -0.2) is 29.3 Å². The number of rotatable bonds is 10. The lowest BCUT2D eigenvalue weighted by Gasteiger charge is -2.08. The SMILES string of the molecule is CCCCCCCc1c(C)nn(C(=O)CNc2ccc(OC)cc2)c1C. The normalized spacial score (nSPS) is 10.8. The highest BCUT2D eigenvalue weighted by Gasteiger charge is 2.16. The fraction of sp³-hybridized carbons (Fsp3) is 0.524. The summed E-state index contributed by atoms with van der Waals surface area (Å²) in [5.74, 6) is 0.752. The standard InChI is InChI=1S/C21H31N3O2/c1-5-6-7-8-9-10-20-16(2)23-24(17(20)3)21(25)15-22-18-11-13-19(26-4)14-12-18/h11-14,22H,5-10,15H2,1-4H3. The zero-order valence-corrected chi connectivity index (χ0v) is 16.5. The third kappa shape index (κ3) is 5.35. The molecular formula is C21H31N3O2. The number of hydrogen-bond acceptors (Lipinski definition) is 4. The van der Waals surface area contributed by atoms with Crippen molar-refractivity contribution in [3.63, 3.8) is 0 Å². The predicted octanol–water partition coefficient (Wildman–Crippen LogP) is 4.77. The van der Waals surface area contributed by atoms with Gasteiger partial charge in [0.1, 0.15) is 5.75 Å². The smallest absolute Gasteiger partial charge is 0.266 e. The average molecular weight is 357 g/mol. The summed E-state index contributed by atoms with van der Waals surface area (Å²) in [5.41, 5.74) is 4.05. The van der Waals surface area contributed by atoms with E-state index in [4.69, 9.17) is 4.74 Å². The number of nitrogens with zero attached hydrogens (tertiary/aromatic N) is 2. The average Bonchev–Trinajstić information content (AvgIpc) is 2.94. The molecule has 0 atom stereocenters. The van der Waals surface area contributed by atoms with Gasteiger partial charge in [0, 0.05) is 11.4 Å². The molecule has 26 heavy (non-hydrogen) atoms. The number of aryl methyl sites for hydroxylation is 1. The molecule has 1 heterocycles. The number of carbonyl (C=O) groups is 1. The van der Waals surface area contributed by atoms with Crippen LogP contribution in [0.25, 0.3) is 0 Å². The first-order valence-corrected chi connectivity index (χ1v) is 9.53. The maximum absolute atomic E-state index is 12.6. The number of anilines is 1. The summed E-state index contributed by atoms with van der Waals surface area (Å²) < 4.78 is 6.69. The van der Waals surface area contributed by atoms with Crippen LogP contribution in [0.2, 0.25) is 0 Å². The van der Waals surface area contributed by atoms with Gasteiger partial charge in [-0.1, -0.05) is 32.6 Å². The van der Waals surface area contributed by atoms with Crippen molar-refractivity contribution in [1.29, 1.82) is 0 Å². The van der Waals surface area contributed by atoms with E-state index in [0.29, 0.717) is 0 Å². The molecule has 2 rings (SSSR count). The number of aromatic nitrogens is 2. The van der Waals surface area contributed by atoms with Crippen LogP contribution < -0.4 is 10.1 Å². The quantitative estimate of drug-likeness (QED) is 0.622. The molecule has 0 aliphatic heterocycles. The molecule has 0 fully saturated rings. The van der Waals surface area contributed by atoms with Crippen LogP contribution >= 0.6 is 0 Å². The van der Waals surface area contributed by atoms with Gasteiger partial charge < -0.3 is 10.1 Å². The molecule has 0 radical (unpaired) electrons. The number of unbranched alkanes of at least 4 members (excludes halogenated alkanes) is 4. The first kappa shape index (κ1) is 20.0. The molecule has 5 heteroatoms. The highest BCUT2D eigenvalue weighted by molar-refractivity contribution is 5.83. The van der Waals surface area contributed by atoms with Crippen molar-refractivity contribution in [2.75, 3.05) is 19.0 Å². The van der Waals surface area contributed by atoms with Gasteiger partial charge in [-0.05, 0) is 56.5 Å². The lowest BCUT2D eigenvalue weighted by atomic mass is 10.0. The summed E-state index contributed by atoms with van der Waals surface area (Å²) in [7, 11) is 1.64. The molecular weight excluding hydrogens is 326 g/mol. The molecule has 5 nitrogen and oxygen atoms in total. The van der Waals surface area contributed by atoms with E-state index in [0.717, 1.165) is 35.7 Å². The van der Waals surface area contributed by atoms with Crippen LogP contribution in [0.1, 0.15) is 60.8 Å². The van der Waals surface area contributed by atoms with E-state index in [1.807, 2.05) is 38.1 Å². The maximum Gasteiger partial charge on any atom is 0.266 e. The topological polar surface area (TPSA) is 56.2 Å². The first-order chi connectivity index (χ1) is 12.6. The minimum atomic E-state index is -0.0429. The van der Waals surface area contributed by atoms with Crippen LogP contribution in [-0.2, 0) is 6.42 Å².